The Labute approximate surface area is 102 Å². The fourth-order valence-corrected chi connectivity index (χ4v) is 1.92. The number of hydrogen-bond donors (Lipinski definition) is 2. The van der Waals surface area contributed by atoms with Crippen LogP contribution in [0.4, 0.5) is 4.39 Å². The number of hydrogen-bond acceptors (Lipinski definition) is 2. The van der Waals surface area contributed by atoms with Crippen molar-refractivity contribution in [3.05, 3.63) is 34.1 Å². The first-order valence-corrected chi connectivity index (χ1v) is 5.90. The molecule has 1 aliphatic heterocycles. The molecule has 1 saturated heterocycles. The van der Waals surface area contributed by atoms with E-state index in [2.05, 4.69) is 26.6 Å². The molecule has 1 heterocycles. The average molecular weight is 287 g/mol. The highest BCUT2D eigenvalue weighted by atomic mass is 79.9. The number of nitrogens with one attached hydrogen (secondary N) is 2. The van der Waals surface area contributed by atoms with Crippen molar-refractivity contribution in [2.45, 2.75) is 0 Å². The van der Waals surface area contributed by atoms with Gasteiger partial charge in [-0.15, -0.1) is 0 Å². The molecule has 5 heteroatoms. The summed E-state index contributed by atoms with van der Waals surface area (Å²) in [5.74, 6) is -0.145. The molecule has 0 unspecified atom stereocenters. The molecule has 1 aliphatic rings. The molecule has 0 radical (unpaired) electrons. The second kappa shape index (κ2) is 4.93. The predicted octanol–water partition coefficient (Wildman–Crippen LogP) is 1.54. The highest BCUT2D eigenvalue weighted by Crippen LogP contribution is 2.17. The van der Waals surface area contributed by atoms with Crippen LogP contribution in [-0.4, -0.2) is 25.5 Å². The molecule has 1 aromatic rings. The van der Waals surface area contributed by atoms with E-state index in [1.165, 1.54) is 18.2 Å². The highest BCUT2D eigenvalue weighted by Gasteiger charge is 2.18. The van der Waals surface area contributed by atoms with Crippen molar-refractivity contribution in [2.75, 3.05) is 19.6 Å². The van der Waals surface area contributed by atoms with Crippen LogP contribution in [-0.2, 0) is 0 Å². The lowest BCUT2D eigenvalue weighted by Gasteiger charge is -2.27. The summed E-state index contributed by atoms with van der Waals surface area (Å²) in [7, 11) is 0. The van der Waals surface area contributed by atoms with Crippen molar-refractivity contribution in [3.8, 4) is 0 Å². The van der Waals surface area contributed by atoms with Gasteiger partial charge in [-0.1, -0.05) is 0 Å². The van der Waals surface area contributed by atoms with E-state index in [1.54, 1.807) is 0 Å². The minimum absolute atomic E-state index is 0.238. The van der Waals surface area contributed by atoms with Crippen molar-refractivity contribution in [2.24, 2.45) is 5.92 Å². The van der Waals surface area contributed by atoms with Gasteiger partial charge in [0.25, 0.3) is 5.91 Å². The molecule has 1 fully saturated rings. The zero-order valence-corrected chi connectivity index (χ0v) is 10.2. The largest absolute Gasteiger partial charge is 0.352 e. The summed E-state index contributed by atoms with van der Waals surface area (Å²) in [5.41, 5.74) is 0.340. The normalized spacial score (nSPS) is 15.6. The SMILES string of the molecule is O=C(NCC1CNC1)c1cc(F)ccc1Br. The Kier molecular flexibility index (Phi) is 3.56. The van der Waals surface area contributed by atoms with Crippen LogP contribution >= 0.6 is 15.9 Å². The number of amides is 1. The van der Waals surface area contributed by atoms with Crippen molar-refractivity contribution in [1.29, 1.82) is 0 Å². The first-order valence-electron chi connectivity index (χ1n) is 5.11. The summed E-state index contributed by atoms with van der Waals surface area (Å²) >= 11 is 3.23. The van der Waals surface area contributed by atoms with Crippen LogP contribution in [0.15, 0.2) is 22.7 Å². The van der Waals surface area contributed by atoms with Crippen molar-refractivity contribution >= 4 is 21.8 Å². The van der Waals surface area contributed by atoms with Crippen LogP contribution in [0.2, 0.25) is 0 Å². The molecule has 0 saturated carbocycles. The minimum Gasteiger partial charge on any atom is -0.352 e. The zero-order valence-electron chi connectivity index (χ0n) is 8.59. The van der Waals surface area contributed by atoms with Gasteiger partial charge in [-0.25, -0.2) is 4.39 Å². The van der Waals surface area contributed by atoms with Crippen molar-refractivity contribution in [3.63, 3.8) is 0 Å². The zero-order chi connectivity index (χ0) is 11.5. The maximum absolute atomic E-state index is 13.0. The van der Waals surface area contributed by atoms with E-state index in [0.29, 0.717) is 22.5 Å². The second-order valence-electron chi connectivity index (χ2n) is 3.86. The lowest BCUT2D eigenvalue weighted by Crippen LogP contribution is -2.48. The summed E-state index contributed by atoms with van der Waals surface area (Å²) < 4.78 is 13.6. The van der Waals surface area contributed by atoms with Gasteiger partial charge in [0.1, 0.15) is 5.82 Å². The maximum atomic E-state index is 13.0. The second-order valence-corrected chi connectivity index (χ2v) is 4.71. The Bertz CT molecular complexity index is 407. The summed E-state index contributed by atoms with van der Waals surface area (Å²) in [6.45, 7) is 2.50. The molecular formula is C11H12BrFN2O. The molecule has 3 nitrogen and oxygen atoms in total. The van der Waals surface area contributed by atoms with E-state index in [9.17, 15) is 9.18 Å². The van der Waals surface area contributed by atoms with Crippen molar-refractivity contribution in [1.82, 2.24) is 10.6 Å². The minimum atomic E-state index is -0.404. The van der Waals surface area contributed by atoms with E-state index in [1.807, 2.05) is 0 Å². The standard InChI is InChI=1S/C11H12BrFN2O/c12-10-2-1-8(13)3-9(10)11(16)15-6-7-4-14-5-7/h1-3,7,14H,4-6H2,(H,15,16). The van der Waals surface area contributed by atoms with Crippen LogP contribution < -0.4 is 10.6 Å². The molecule has 1 amide bonds. The van der Waals surface area contributed by atoms with Gasteiger partial charge in [-0.05, 0) is 34.1 Å². The van der Waals surface area contributed by atoms with Crippen LogP contribution in [0.25, 0.3) is 0 Å². The van der Waals surface area contributed by atoms with Crippen LogP contribution in [0.5, 0.6) is 0 Å². The van der Waals surface area contributed by atoms with Gasteiger partial charge in [-0.2, -0.15) is 0 Å². The lowest BCUT2D eigenvalue weighted by atomic mass is 10.0. The summed E-state index contributed by atoms with van der Waals surface area (Å²) in [6, 6.07) is 4.09. The highest BCUT2D eigenvalue weighted by molar-refractivity contribution is 9.10. The van der Waals surface area contributed by atoms with Crippen LogP contribution in [0.3, 0.4) is 0 Å². The van der Waals surface area contributed by atoms with E-state index in [0.717, 1.165) is 13.1 Å². The molecule has 0 bridgehead atoms. The molecule has 0 aliphatic carbocycles. The summed E-state index contributed by atoms with van der Waals surface area (Å²) in [5, 5.41) is 5.92. The summed E-state index contributed by atoms with van der Waals surface area (Å²) in [4.78, 5) is 11.7. The predicted molar refractivity (Wildman–Crippen MR) is 62.8 cm³/mol. The van der Waals surface area contributed by atoms with E-state index < -0.39 is 5.82 Å². The Morgan fingerprint density at radius 2 is 2.31 bits per heavy atom. The smallest absolute Gasteiger partial charge is 0.252 e. The first-order chi connectivity index (χ1) is 7.66. The Morgan fingerprint density at radius 1 is 1.56 bits per heavy atom. The third-order valence-corrected chi connectivity index (χ3v) is 3.28. The van der Waals surface area contributed by atoms with Crippen molar-refractivity contribution < 1.29 is 9.18 Å². The van der Waals surface area contributed by atoms with Gasteiger partial charge in [-0.3, -0.25) is 4.79 Å². The number of benzene rings is 1. The topological polar surface area (TPSA) is 41.1 Å². The number of halogens is 2. The van der Waals surface area contributed by atoms with Gasteiger partial charge in [0, 0.05) is 30.0 Å². The third kappa shape index (κ3) is 2.59. The first kappa shape index (κ1) is 11.5. The Morgan fingerprint density at radius 3 is 2.94 bits per heavy atom. The lowest BCUT2D eigenvalue weighted by molar-refractivity contribution is 0.0941. The number of carbonyl (C=O) groups is 1. The molecule has 2 N–H and O–H groups in total. The third-order valence-electron chi connectivity index (χ3n) is 2.59. The quantitative estimate of drug-likeness (QED) is 0.885. The number of rotatable bonds is 3. The van der Waals surface area contributed by atoms with Gasteiger partial charge < -0.3 is 10.6 Å². The monoisotopic (exact) mass is 286 g/mol. The van der Waals surface area contributed by atoms with Crippen LogP contribution in [0, 0.1) is 11.7 Å². The van der Waals surface area contributed by atoms with Gasteiger partial charge in [0.2, 0.25) is 0 Å². The fraction of sp³-hybridized carbons (Fsp3) is 0.364. The Balaban J connectivity index is 1.99. The molecule has 0 spiro atoms. The molecule has 2 rings (SSSR count). The average Bonchev–Trinajstić information content (AvgIpc) is 2.19. The molecule has 1 aromatic carbocycles. The van der Waals surface area contributed by atoms with Crippen LogP contribution in [0.1, 0.15) is 10.4 Å². The number of carbonyl (C=O) groups excluding carboxylic acids is 1. The van der Waals surface area contributed by atoms with Gasteiger partial charge in [0.05, 0.1) is 5.56 Å². The fourth-order valence-electron chi connectivity index (χ4n) is 1.50. The molecular weight excluding hydrogens is 275 g/mol. The molecule has 0 atom stereocenters. The maximum Gasteiger partial charge on any atom is 0.252 e. The van der Waals surface area contributed by atoms with Gasteiger partial charge in [0.15, 0.2) is 0 Å². The van der Waals surface area contributed by atoms with E-state index >= 15 is 0 Å². The Hall–Kier alpha value is -0.940. The van der Waals surface area contributed by atoms with Gasteiger partial charge >= 0.3 is 0 Å². The van der Waals surface area contributed by atoms with E-state index in [-0.39, 0.29) is 5.91 Å². The summed E-state index contributed by atoms with van der Waals surface area (Å²) in [6.07, 6.45) is 0. The molecule has 86 valence electrons. The molecule has 0 aromatic heterocycles. The molecule has 16 heavy (non-hydrogen) atoms. The van der Waals surface area contributed by atoms with E-state index in [4.69, 9.17) is 0 Å².